The molecule has 0 aliphatic rings. The van der Waals surface area contributed by atoms with E-state index in [9.17, 15) is 9.90 Å². The number of pyridine rings is 1. The van der Waals surface area contributed by atoms with Crippen molar-refractivity contribution >= 4 is 17.6 Å². The SMILES string of the molecule is O=C(O)c1nnn(-c2cccc(Cl)c2)c1-c1cccnc1. The molecule has 3 rings (SSSR count). The summed E-state index contributed by atoms with van der Waals surface area (Å²) in [6.07, 6.45) is 3.17. The molecular weight excluding hydrogens is 292 g/mol. The van der Waals surface area contributed by atoms with Gasteiger partial charge >= 0.3 is 5.97 Å². The lowest BCUT2D eigenvalue weighted by atomic mass is 10.1. The number of carboxylic acids is 1. The lowest BCUT2D eigenvalue weighted by Gasteiger charge is -2.07. The number of aromatic carboxylic acids is 1. The minimum absolute atomic E-state index is 0.136. The first-order chi connectivity index (χ1) is 10.2. The first-order valence-electron chi connectivity index (χ1n) is 6.02. The molecule has 0 saturated heterocycles. The van der Waals surface area contributed by atoms with Crippen molar-refractivity contribution in [2.24, 2.45) is 0 Å². The van der Waals surface area contributed by atoms with E-state index in [1.165, 1.54) is 4.68 Å². The summed E-state index contributed by atoms with van der Waals surface area (Å²) in [6, 6.07) is 10.4. The maximum Gasteiger partial charge on any atom is 0.358 e. The molecule has 0 fully saturated rings. The molecule has 1 N–H and O–H groups in total. The highest BCUT2D eigenvalue weighted by Gasteiger charge is 2.21. The molecule has 0 atom stereocenters. The lowest BCUT2D eigenvalue weighted by Crippen LogP contribution is -2.03. The molecule has 21 heavy (non-hydrogen) atoms. The van der Waals surface area contributed by atoms with Crippen LogP contribution in [0.2, 0.25) is 5.02 Å². The summed E-state index contributed by atoms with van der Waals surface area (Å²) >= 11 is 5.97. The Bertz CT molecular complexity index is 802. The number of nitrogens with zero attached hydrogens (tertiary/aromatic N) is 4. The average molecular weight is 301 g/mol. The monoisotopic (exact) mass is 300 g/mol. The lowest BCUT2D eigenvalue weighted by molar-refractivity contribution is 0.0691. The molecule has 0 aliphatic heterocycles. The van der Waals surface area contributed by atoms with Crippen molar-refractivity contribution in [1.82, 2.24) is 20.0 Å². The van der Waals surface area contributed by atoms with Gasteiger partial charge in [-0.05, 0) is 30.3 Å². The summed E-state index contributed by atoms with van der Waals surface area (Å²) in [6.45, 7) is 0. The van der Waals surface area contributed by atoms with Gasteiger partial charge in [-0.25, -0.2) is 9.48 Å². The average Bonchev–Trinajstić information content (AvgIpc) is 2.93. The zero-order chi connectivity index (χ0) is 14.8. The molecular formula is C14H9ClN4O2. The summed E-state index contributed by atoms with van der Waals surface area (Å²) in [5, 5.41) is 17.5. The summed E-state index contributed by atoms with van der Waals surface area (Å²) < 4.78 is 1.44. The fourth-order valence-electron chi connectivity index (χ4n) is 1.98. The zero-order valence-corrected chi connectivity index (χ0v) is 11.4. The fourth-order valence-corrected chi connectivity index (χ4v) is 2.16. The van der Waals surface area contributed by atoms with Gasteiger partial charge in [-0.15, -0.1) is 5.10 Å². The number of hydrogen-bond acceptors (Lipinski definition) is 4. The van der Waals surface area contributed by atoms with E-state index >= 15 is 0 Å². The highest BCUT2D eigenvalue weighted by Crippen LogP contribution is 2.25. The van der Waals surface area contributed by atoms with Gasteiger partial charge in [0.05, 0.1) is 5.69 Å². The molecule has 2 aromatic heterocycles. The summed E-state index contributed by atoms with van der Waals surface area (Å²) in [5.41, 5.74) is 1.46. The fraction of sp³-hybridized carbons (Fsp3) is 0. The second kappa shape index (κ2) is 5.34. The molecule has 0 aliphatic carbocycles. The second-order valence-corrected chi connectivity index (χ2v) is 4.66. The molecule has 0 unspecified atom stereocenters. The quantitative estimate of drug-likeness (QED) is 0.804. The minimum atomic E-state index is -1.15. The number of carbonyl (C=O) groups is 1. The van der Waals surface area contributed by atoms with E-state index in [1.807, 2.05) is 0 Å². The van der Waals surface area contributed by atoms with E-state index in [1.54, 1.807) is 48.8 Å². The molecule has 1 aromatic carbocycles. The molecule has 0 amide bonds. The standard InChI is InChI=1S/C14H9ClN4O2/c15-10-4-1-5-11(7-10)19-13(9-3-2-6-16-8-9)12(14(20)21)17-18-19/h1-8H,(H,20,21). The maximum atomic E-state index is 11.3. The topological polar surface area (TPSA) is 80.9 Å². The van der Waals surface area contributed by atoms with Crippen LogP contribution in [0.1, 0.15) is 10.5 Å². The van der Waals surface area contributed by atoms with Crippen LogP contribution in [-0.4, -0.2) is 31.1 Å². The van der Waals surface area contributed by atoms with Crippen LogP contribution in [0.25, 0.3) is 16.9 Å². The Morgan fingerprint density at radius 1 is 1.24 bits per heavy atom. The van der Waals surface area contributed by atoms with Crippen molar-refractivity contribution < 1.29 is 9.90 Å². The van der Waals surface area contributed by atoms with E-state index in [4.69, 9.17) is 11.6 Å². The number of carboxylic acid groups (broad SMARTS) is 1. The Kier molecular flexibility index (Phi) is 3.37. The van der Waals surface area contributed by atoms with Gasteiger partial charge < -0.3 is 5.11 Å². The van der Waals surface area contributed by atoms with E-state index in [-0.39, 0.29) is 5.69 Å². The van der Waals surface area contributed by atoms with Gasteiger partial charge in [-0.1, -0.05) is 22.9 Å². The summed E-state index contributed by atoms with van der Waals surface area (Å²) in [7, 11) is 0. The molecule has 2 heterocycles. The van der Waals surface area contributed by atoms with Crippen LogP contribution in [0.15, 0.2) is 48.8 Å². The molecule has 0 radical (unpaired) electrons. The first kappa shape index (κ1) is 13.3. The highest BCUT2D eigenvalue weighted by atomic mass is 35.5. The van der Waals surface area contributed by atoms with Gasteiger partial charge in [0, 0.05) is 23.0 Å². The van der Waals surface area contributed by atoms with Crippen LogP contribution in [0.5, 0.6) is 0 Å². The minimum Gasteiger partial charge on any atom is -0.476 e. The van der Waals surface area contributed by atoms with Gasteiger partial charge in [0.25, 0.3) is 0 Å². The van der Waals surface area contributed by atoms with Crippen LogP contribution < -0.4 is 0 Å². The zero-order valence-electron chi connectivity index (χ0n) is 10.6. The predicted molar refractivity (Wildman–Crippen MR) is 76.6 cm³/mol. The normalized spacial score (nSPS) is 10.5. The number of benzene rings is 1. The van der Waals surface area contributed by atoms with Crippen molar-refractivity contribution in [3.63, 3.8) is 0 Å². The van der Waals surface area contributed by atoms with Crippen LogP contribution in [0.4, 0.5) is 0 Å². The molecule has 3 aromatic rings. The highest BCUT2D eigenvalue weighted by molar-refractivity contribution is 6.30. The second-order valence-electron chi connectivity index (χ2n) is 4.23. The number of halogens is 1. The van der Waals surface area contributed by atoms with E-state index in [0.717, 1.165) is 0 Å². The van der Waals surface area contributed by atoms with Gasteiger partial charge in [-0.3, -0.25) is 4.98 Å². The third-order valence-electron chi connectivity index (χ3n) is 2.86. The van der Waals surface area contributed by atoms with Crippen LogP contribution >= 0.6 is 11.6 Å². The Labute approximate surface area is 124 Å². The Morgan fingerprint density at radius 2 is 2.10 bits per heavy atom. The maximum absolute atomic E-state index is 11.3. The van der Waals surface area contributed by atoms with E-state index in [2.05, 4.69) is 15.3 Å². The molecule has 0 saturated carbocycles. The van der Waals surface area contributed by atoms with Crippen molar-refractivity contribution in [3.8, 4) is 16.9 Å². The Balaban J connectivity index is 2.25. The van der Waals surface area contributed by atoms with E-state index in [0.29, 0.717) is 22.0 Å². The van der Waals surface area contributed by atoms with E-state index < -0.39 is 5.97 Å². The van der Waals surface area contributed by atoms with Crippen LogP contribution in [0, 0.1) is 0 Å². The molecule has 0 bridgehead atoms. The van der Waals surface area contributed by atoms with Crippen molar-refractivity contribution in [2.75, 3.05) is 0 Å². The molecule has 104 valence electrons. The number of rotatable bonds is 3. The van der Waals surface area contributed by atoms with Crippen molar-refractivity contribution in [2.45, 2.75) is 0 Å². The van der Waals surface area contributed by atoms with Gasteiger partial charge in [0.1, 0.15) is 5.69 Å². The van der Waals surface area contributed by atoms with Gasteiger partial charge in [-0.2, -0.15) is 0 Å². The largest absolute Gasteiger partial charge is 0.476 e. The number of hydrogen-bond donors (Lipinski definition) is 1. The summed E-state index contributed by atoms with van der Waals surface area (Å²) in [4.78, 5) is 15.3. The van der Waals surface area contributed by atoms with Crippen LogP contribution in [-0.2, 0) is 0 Å². The van der Waals surface area contributed by atoms with Crippen molar-refractivity contribution in [1.29, 1.82) is 0 Å². The smallest absolute Gasteiger partial charge is 0.358 e. The molecule has 7 heteroatoms. The summed E-state index contributed by atoms with van der Waals surface area (Å²) in [5.74, 6) is -1.15. The van der Waals surface area contributed by atoms with Crippen molar-refractivity contribution in [3.05, 3.63) is 59.5 Å². The predicted octanol–water partition coefficient (Wildman–Crippen LogP) is 2.68. The molecule has 0 spiro atoms. The number of aromatic nitrogens is 4. The molecule has 6 nitrogen and oxygen atoms in total. The Hall–Kier alpha value is -2.73. The van der Waals surface area contributed by atoms with Gasteiger partial charge in [0.15, 0.2) is 5.69 Å². The first-order valence-corrected chi connectivity index (χ1v) is 6.40. The van der Waals surface area contributed by atoms with Crippen LogP contribution in [0.3, 0.4) is 0 Å². The van der Waals surface area contributed by atoms with Gasteiger partial charge in [0.2, 0.25) is 0 Å². The third-order valence-corrected chi connectivity index (χ3v) is 3.10. The third kappa shape index (κ3) is 2.48. The Morgan fingerprint density at radius 3 is 2.76 bits per heavy atom.